The van der Waals surface area contributed by atoms with E-state index in [9.17, 15) is 4.79 Å². The average molecular weight is 330 g/mol. The maximum absolute atomic E-state index is 12.1. The van der Waals surface area contributed by atoms with E-state index in [1.54, 1.807) is 0 Å². The maximum Gasteiger partial charge on any atom is 0.263 e. The molecule has 0 fully saturated rings. The lowest BCUT2D eigenvalue weighted by atomic mass is 10.2. The third-order valence-corrected chi connectivity index (χ3v) is 5.36. The molecular formula is C13H16ClN3OS2. The van der Waals surface area contributed by atoms with Crippen LogP contribution in [0.15, 0.2) is 12.1 Å². The molecule has 4 nitrogen and oxygen atoms in total. The highest BCUT2D eigenvalue weighted by Crippen LogP contribution is 2.34. The Morgan fingerprint density at radius 3 is 2.85 bits per heavy atom. The van der Waals surface area contributed by atoms with Crippen molar-refractivity contribution in [2.24, 2.45) is 11.7 Å². The summed E-state index contributed by atoms with van der Waals surface area (Å²) in [7, 11) is 0. The van der Waals surface area contributed by atoms with Crippen molar-refractivity contribution < 1.29 is 4.79 Å². The van der Waals surface area contributed by atoms with Gasteiger partial charge >= 0.3 is 0 Å². The Morgan fingerprint density at radius 2 is 2.25 bits per heavy atom. The number of rotatable bonds is 5. The summed E-state index contributed by atoms with van der Waals surface area (Å²) in [5, 5.41) is 3.72. The van der Waals surface area contributed by atoms with Gasteiger partial charge in [0.05, 0.1) is 14.9 Å². The van der Waals surface area contributed by atoms with E-state index in [1.807, 2.05) is 26.0 Å². The third-order valence-electron chi connectivity index (χ3n) is 2.80. The number of nitrogens with zero attached hydrogens (tertiary/aromatic N) is 1. The molecule has 3 N–H and O–H groups in total. The minimum atomic E-state index is -0.0887. The quantitative estimate of drug-likeness (QED) is 0.885. The van der Waals surface area contributed by atoms with E-state index in [4.69, 9.17) is 17.3 Å². The van der Waals surface area contributed by atoms with Crippen molar-refractivity contribution in [3.63, 3.8) is 0 Å². The molecule has 0 radical (unpaired) electrons. The Hall–Kier alpha value is -0.950. The largest absolute Gasteiger partial charge is 0.351 e. The molecule has 2 rings (SSSR count). The van der Waals surface area contributed by atoms with Crippen molar-refractivity contribution in [1.29, 1.82) is 0 Å². The summed E-state index contributed by atoms with van der Waals surface area (Å²) in [4.78, 5) is 18.2. The molecule has 0 bridgehead atoms. The molecule has 108 valence electrons. The molecule has 0 spiro atoms. The highest BCUT2D eigenvalue weighted by atomic mass is 35.5. The standard InChI is InChI=1S/C13H16ClN3OS2/c1-7(5-15)6-16-12(18)11-8(2)17-13(20-11)9-3-4-10(14)19-9/h3-4,7H,5-6,15H2,1-2H3,(H,16,18). The lowest BCUT2D eigenvalue weighted by Gasteiger charge is -2.09. The summed E-state index contributed by atoms with van der Waals surface area (Å²) < 4.78 is 0.718. The van der Waals surface area contributed by atoms with Gasteiger partial charge in [0.1, 0.15) is 9.88 Å². The summed E-state index contributed by atoms with van der Waals surface area (Å²) in [5.74, 6) is 0.178. The van der Waals surface area contributed by atoms with Gasteiger partial charge in [-0.1, -0.05) is 18.5 Å². The van der Waals surface area contributed by atoms with Crippen LogP contribution in [0.4, 0.5) is 0 Å². The van der Waals surface area contributed by atoms with Gasteiger partial charge in [0.2, 0.25) is 0 Å². The molecule has 20 heavy (non-hydrogen) atoms. The molecule has 1 amide bonds. The normalized spacial score (nSPS) is 12.4. The number of amides is 1. The molecule has 2 aromatic heterocycles. The number of thiazole rings is 1. The smallest absolute Gasteiger partial charge is 0.263 e. The molecule has 2 aromatic rings. The monoisotopic (exact) mass is 329 g/mol. The molecule has 0 aliphatic rings. The van der Waals surface area contributed by atoms with E-state index < -0.39 is 0 Å². The predicted octanol–water partition coefficient (Wildman–Crippen LogP) is 3.16. The first-order valence-corrected chi connectivity index (χ1v) is 8.23. The van der Waals surface area contributed by atoms with E-state index in [1.165, 1.54) is 22.7 Å². The van der Waals surface area contributed by atoms with Crippen molar-refractivity contribution in [3.8, 4) is 9.88 Å². The Labute approximate surface area is 131 Å². The first-order valence-electron chi connectivity index (χ1n) is 6.22. The van der Waals surface area contributed by atoms with Crippen molar-refractivity contribution >= 4 is 40.2 Å². The molecule has 0 saturated carbocycles. The minimum Gasteiger partial charge on any atom is -0.351 e. The zero-order valence-corrected chi connectivity index (χ0v) is 13.7. The molecule has 0 aliphatic heterocycles. The van der Waals surface area contributed by atoms with Crippen molar-refractivity contribution in [1.82, 2.24) is 10.3 Å². The second-order valence-corrected chi connectivity index (χ2v) is 7.30. The summed E-state index contributed by atoms with van der Waals surface area (Å²) in [6, 6.07) is 3.75. The third kappa shape index (κ3) is 3.58. The summed E-state index contributed by atoms with van der Waals surface area (Å²) in [6.07, 6.45) is 0. The van der Waals surface area contributed by atoms with Crippen LogP contribution in [-0.2, 0) is 0 Å². The van der Waals surface area contributed by atoms with Gasteiger partial charge in [0, 0.05) is 6.54 Å². The highest BCUT2D eigenvalue weighted by molar-refractivity contribution is 7.24. The summed E-state index contributed by atoms with van der Waals surface area (Å²) >= 11 is 8.78. The van der Waals surface area contributed by atoms with Crippen LogP contribution in [0.2, 0.25) is 4.34 Å². The number of aromatic nitrogens is 1. The van der Waals surface area contributed by atoms with Gasteiger partial charge in [-0.2, -0.15) is 0 Å². The number of carbonyl (C=O) groups is 1. The van der Waals surface area contributed by atoms with Gasteiger partial charge in [0.25, 0.3) is 5.91 Å². The SMILES string of the molecule is Cc1nc(-c2ccc(Cl)s2)sc1C(=O)NCC(C)CN. The molecule has 1 atom stereocenters. The number of aryl methyl sites for hydroxylation is 1. The zero-order chi connectivity index (χ0) is 14.7. The van der Waals surface area contributed by atoms with Gasteiger partial charge in [-0.05, 0) is 31.5 Å². The van der Waals surface area contributed by atoms with Crippen molar-refractivity contribution in [2.75, 3.05) is 13.1 Å². The molecule has 7 heteroatoms. The van der Waals surface area contributed by atoms with E-state index in [0.29, 0.717) is 18.0 Å². The fraction of sp³-hybridized carbons (Fsp3) is 0.385. The van der Waals surface area contributed by atoms with Gasteiger partial charge in [-0.25, -0.2) is 4.98 Å². The molecule has 1 unspecified atom stereocenters. The number of carbonyl (C=O) groups excluding carboxylic acids is 1. The van der Waals surface area contributed by atoms with E-state index in [2.05, 4.69) is 10.3 Å². The molecule has 0 aliphatic carbocycles. The van der Waals surface area contributed by atoms with Crippen LogP contribution < -0.4 is 11.1 Å². The van der Waals surface area contributed by atoms with Gasteiger partial charge in [-0.3, -0.25) is 4.79 Å². The fourth-order valence-electron chi connectivity index (χ4n) is 1.57. The first kappa shape index (κ1) is 15.4. The number of nitrogens with two attached hydrogens (primary N) is 1. The second-order valence-electron chi connectivity index (χ2n) is 4.59. The van der Waals surface area contributed by atoms with Gasteiger partial charge in [-0.15, -0.1) is 22.7 Å². The average Bonchev–Trinajstić information content (AvgIpc) is 3.01. The van der Waals surface area contributed by atoms with Crippen molar-refractivity contribution in [2.45, 2.75) is 13.8 Å². The number of hydrogen-bond donors (Lipinski definition) is 2. The Kier molecular flexibility index (Phi) is 5.15. The van der Waals surface area contributed by atoms with Crippen LogP contribution in [0.3, 0.4) is 0 Å². The zero-order valence-electron chi connectivity index (χ0n) is 11.3. The number of hydrogen-bond acceptors (Lipinski definition) is 5. The number of nitrogens with one attached hydrogen (secondary N) is 1. The van der Waals surface area contributed by atoms with E-state index in [-0.39, 0.29) is 11.8 Å². The van der Waals surface area contributed by atoms with Crippen LogP contribution in [-0.4, -0.2) is 24.0 Å². The minimum absolute atomic E-state index is 0.0887. The van der Waals surface area contributed by atoms with E-state index in [0.717, 1.165) is 19.9 Å². The summed E-state index contributed by atoms with van der Waals surface area (Å²) in [6.45, 7) is 4.98. The highest BCUT2D eigenvalue weighted by Gasteiger charge is 2.17. The van der Waals surface area contributed by atoms with Crippen LogP contribution >= 0.6 is 34.3 Å². The molecule has 2 heterocycles. The second kappa shape index (κ2) is 6.67. The van der Waals surface area contributed by atoms with Crippen molar-refractivity contribution in [3.05, 3.63) is 27.0 Å². The van der Waals surface area contributed by atoms with E-state index >= 15 is 0 Å². The van der Waals surface area contributed by atoms with Gasteiger partial charge in [0.15, 0.2) is 0 Å². The topological polar surface area (TPSA) is 68.0 Å². The fourth-order valence-corrected chi connectivity index (χ4v) is 3.65. The number of halogens is 1. The lowest BCUT2D eigenvalue weighted by Crippen LogP contribution is -2.31. The first-order chi connectivity index (χ1) is 9.51. The van der Waals surface area contributed by atoms with Crippen LogP contribution in [0, 0.1) is 12.8 Å². The predicted molar refractivity (Wildman–Crippen MR) is 85.7 cm³/mol. The Bertz CT molecular complexity index is 609. The molecule has 0 saturated heterocycles. The van der Waals surface area contributed by atoms with Crippen LogP contribution in [0.1, 0.15) is 22.3 Å². The summed E-state index contributed by atoms with van der Waals surface area (Å²) in [5.41, 5.74) is 6.28. The maximum atomic E-state index is 12.1. The molecular weight excluding hydrogens is 314 g/mol. The number of thiophene rings is 1. The Morgan fingerprint density at radius 1 is 1.50 bits per heavy atom. The van der Waals surface area contributed by atoms with Crippen LogP contribution in [0.5, 0.6) is 0 Å². The Balaban J connectivity index is 2.13. The van der Waals surface area contributed by atoms with Crippen LogP contribution in [0.25, 0.3) is 9.88 Å². The molecule has 0 aromatic carbocycles. The van der Waals surface area contributed by atoms with Gasteiger partial charge < -0.3 is 11.1 Å². The lowest BCUT2D eigenvalue weighted by molar-refractivity contribution is 0.0952.